The minimum Gasteiger partial charge on any atom is -0.356 e. The molecule has 3 rings (SSSR count). The van der Waals surface area contributed by atoms with Crippen LogP contribution < -0.4 is 5.32 Å². The Hall–Kier alpha value is -2.44. The summed E-state index contributed by atoms with van der Waals surface area (Å²) in [7, 11) is 0. The minimum absolute atomic E-state index is 0.00373. The lowest BCUT2D eigenvalue weighted by molar-refractivity contribution is -0.131. The van der Waals surface area contributed by atoms with Crippen molar-refractivity contribution in [3.63, 3.8) is 0 Å². The first-order chi connectivity index (χ1) is 13.1. The van der Waals surface area contributed by atoms with Crippen LogP contribution in [-0.4, -0.2) is 58.7 Å². The van der Waals surface area contributed by atoms with E-state index in [0.29, 0.717) is 32.6 Å². The normalized spacial score (nSPS) is 20.7. The van der Waals surface area contributed by atoms with Crippen LogP contribution in [0.25, 0.3) is 0 Å². The minimum atomic E-state index is -0.305. The number of nitrogens with zero attached hydrogens (tertiary/aromatic N) is 3. The van der Waals surface area contributed by atoms with Crippen molar-refractivity contribution in [2.24, 2.45) is 5.92 Å². The molecular formula is C20H28N4O3. The highest BCUT2D eigenvalue weighted by molar-refractivity contribution is 5.89. The van der Waals surface area contributed by atoms with E-state index in [1.54, 1.807) is 11.1 Å². The zero-order valence-electron chi connectivity index (χ0n) is 15.7. The van der Waals surface area contributed by atoms with E-state index in [0.717, 1.165) is 37.9 Å². The molecule has 7 heteroatoms. The molecule has 146 valence electrons. The molecule has 1 aromatic heterocycles. The number of carbonyl (C=O) groups excluding carboxylic acids is 3. The van der Waals surface area contributed by atoms with E-state index < -0.39 is 0 Å². The molecule has 0 aromatic carbocycles. The Morgan fingerprint density at radius 3 is 2.85 bits per heavy atom. The Morgan fingerprint density at radius 1 is 1.15 bits per heavy atom. The van der Waals surface area contributed by atoms with Crippen molar-refractivity contribution in [3.8, 4) is 0 Å². The summed E-state index contributed by atoms with van der Waals surface area (Å²) in [5, 5.41) is 2.93. The third-order valence-corrected chi connectivity index (χ3v) is 5.24. The van der Waals surface area contributed by atoms with Gasteiger partial charge in [0, 0.05) is 45.2 Å². The second-order valence-corrected chi connectivity index (χ2v) is 7.33. The van der Waals surface area contributed by atoms with Crippen molar-refractivity contribution in [2.75, 3.05) is 26.2 Å². The van der Waals surface area contributed by atoms with E-state index in [9.17, 15) is 14.4 Å². The first-order valence-electron chi connectivity index (χ1n) is 9.86. The number of hydrogen-bond donors (Lipinski definition) is 1. The average Bonchev–Trinajstić information content (AvgIpc) is 2.91. The van der Waals surface area contributed by atoms with Crippen LogP contribution >= 0.6 is 0 Å². The Balaban J connectivity index is 1.38. The number of amides is 3. The highest BCUT2D eigenvalue weighted by Crippen LogP contribution is 2.20. The molecule has 0 aliphatic carbocycles. The molecule has 0 unspecified atom stereocenters. The van der Waals surface area contributed by atoms with Crippen molar-refractivity contribution in [1.82, 2.24) is 20.1 Å². The van der Waals surface area contributed by atoms with Crippen molar-refractivity contribution in [2.45, 2.75) is 45.1 Å². The highest BCUT2D eigenvalue weighted by Gasteiger charge is 2.34. The zero-order chi connectivity index (χ0) is 19.1. The van der Waals surface area contributed by atoms with Crippen LogP contribution in [0.15, 0.2) is 24.4 Å². The summed E-state index contributed by atoms with van der Waals surface area (Å²) in [6, 6.07) is 5.61. The maximum atomic E-state index is 12.4. The SMILES string of the molecule is O=C(NCCCN1CCCCCC1=O)[C@@H]1CC(=O)N(Cc2ccccn2)C1. The van der Waals surface area contributed by atoms with E-state index >= 15 is 0 Å². The number of rotatable bonds is 7. The molecule has 27 heavy (non-hydrogen) atoms. The Labute approximate surface area is 160 Å². The van der Waals surface area contributed by atoms with Gasteiger partial charge in [-0.3, -0.25) is 19.4 Å². The highest BCUT2D eigenvalue weighted by atomic mass is 16.2. The molecule has 0 saturated carbocycles. The third-order valence-electron chi connectivity index (χ3n) is 5.24. The standard InChI is InChI=1S/C20H28N4O3/c25-18-8-2-1-5-11-23(18)12-6-10-22-20(27)16-13-19(26)24(14-16)15-17-7-3-4-9-21-17/h3-4,7,9,16H,1-2,5-6,8,10-15H2,(H,22,27)/t16-/m1/s1. The predicted octanol–water partition coefficient (Wildman–Crippen LogP) is 1.34. The fourth-order valence-electron chi connectivity index (χ4n) is 3.69. The van der Waals surface area contributed by atoms with Gasteiger partial charge in [0.25, 0.3) is 0 Å². The summed E-state index contributed by atoms with van der Waals surface area (Å²) in [6.45, 7) is 2.93. The molecule has 2 saturated heterocycles. The monoisotopic (exact) mass is 372 g/mol. The fourth-order valence-corrected chi connectivity index (χ4v) is 3.69. The molecule has 1 atom stereocenters. The van der Waals surface area contributed by atoms with E-state index in [1.807, 2.05) is 23.1 Å². The summed E-state index contributed by atoms with van der Waals surface area (Å²) in [5.41, 5.74) is 0.828. The third kappa shape index (κ3) is 5.52. The second-order valence-electron chi connectivity index (χ2n) is 7.33. The van der Waals surface area contributed by atoms with Crippen LogP contribution in [0.4, 0.5) is 0 Å². The van der Waals surface area contributed by atoms with Crippen molar-refractivity contribution >= 4 is 17.7 Å². The van der Waals surface area contributed by atoms with Crippen LogP contribution in [0.5, 0.6) is 0 Å². The lowest BCUT2D eigenvalue weighted by Crippen LogP contribution is -2.36. The molecule has 2 fully saturated rings. The molecule has 2 aliphatic heterocycles. The van der Waals surface area contributed by atoms with Gasteiger partial charge in [-0.25, -0.2) is 0 Å². The van der Waals surface area contributed by atoms with Gasteiger partial charge in [-0.2, -0.15) is 0 Å². The first kappa shape index (κ1) is 19.3. The largest absolute Gasteiger partial charge is 0.356 e. The molecule has 1 N–H and O–H groups in total. The Kier molecular flexibility index (Phi) is 6.79. The van der Waals surface area contributed by atoms with E-state index in [4.69, 9.17) is 0 Å². The summed E-state index contributed by atoms with van der Waals surface area (Å²) in [6.07, 6.45) is 6.51. The number of carbonyl (C=O) groups is 3. The second kappa shape index (κ2) is 9.48. The maximum absolute atomic E-state index is 12.4. The van der Waals surface area contributed by atoms with Gasteiger partial charge >= 0.3 is 0 Å². The quantitative estimate of drug-likeness (QED) is 0.732. The summed E-state index contributed by atoms with van der Waals surface area (Å²) in [5.74, 6) is -0.156. The first-order valence-corrected chi connectivity index (χ1v) is 9.86. The Morgan fingerprint density at radius 2 is 2.04 bits per heavy atom. The van der Waals surface area contributed by atoms with Crippen LogP contribution in [0, 0.1) is 5.92 Å². The van der Waals surface area contributed by atoms with Crippen molar-refractivity contribution in [1.29, 1.82) is 0 Å². The molecule has 3 heterocycles. The lowest BCUT2D eigenvalue weighted by Gasteiger charge is -2.20. The van der Waals surface area contributed by atoms with Gasteiger partial charge in [0.1, 0.15) is 0 Å². The number of hydrogen-bond acceptors (Lipinski definition) is 4. The smallest absolute Gasteiger partial charge is 0.225 e. The molecule has 1 aromatic rings. The van der Waals surface area contributed by atoms with Crippen LogP contribution in [0.3, 0.4) is 0 Å². The van der Waals surface area contributed by atoms with Crippen LogP contribution in [0.1, 0.15) is 44.2 Å². The van der Waals surface area contributed by atoms with Gasteiger partial charge in [-0.15, -0.1) is 0 Å². The van der Waals surface area contributed by atoms with Crippen molar-refractivity contribution in [3.05, 3.63) is 30.1 Å². The van der Waals surface area contributed by atoms with Gasteiger partial charge in [-0.1, -0.05) is 12.5 Å². The fraction of sp³-hybridized carbons (Fsp3) is 0.600. The summed E-state index contributed by atoms with van der Waals surface area (Å²) < 4.78 is 0. The van der Waals surface area contributed by atoms with E-state index in [2.05, 4.69) is 10.3 Å². The van der Waals surface area contributed by atoms with Gasteiger partial charge in [-0.05, 0) is 31.4 Å². The Bertz CT molecular complexity index is 664. The van der Waals surface area contributed by atoms with Gasteiger partial charge in [0.15, 0.2) is 0 Å². The molecule has 3 amide bonds. The molecule has 2 aliphatic rings. The number of nitrogens with one attached hydrogen (secondary N) is 1. The number of aromatic nitrogens is 1. The van der Waals surface area contributed by atoms with Crippen molar-refractivity contribution < 1.29 is 14.4 Å². The topological polar surface area (TPSA) is 82.6 Å². The van der Waals surface area contributed by atoms with Crippen LogP contribution in [-0.2, 0) is 20.9 Å². The van der Waals surface area contributed by atoms with E-state index in [-0.39, 0.29) is 30.1 Å². The lowest BCUT2D eigenvalue weighted by atomic mass is 10.1. The van der Waals surface area contributed by atoms with E-state index in [1.165, 1.54) is 0 Å². The summed E-state index contributed by atoms with van der Waals surface area (Å²) in [4.78, 5) is 44.4. The summed E-state index contributed by atoms with van der Waals surface area (Å²) >= 11 is 0. The molecule has 0 spiro atoms. The zero-order valence-corrected chi connectivity index (χ0v) is 15.7. The molecule has 7 nitrogen and oxygen atoms in total. The maximum Gasteiger partial charge on any atom is 0.225 e. The number of pyridine rings is 1. The molecular weight excluding hydrogens is 344 g/mol. The number of likely N-dealkylation sites (tertiary alicyclic amines) is 2. The molecule has 0 bridgehead atoms. The van der Waals surface area contributed by atoms with Gasteiger partial charge < -0.3 is 15.1 Å². The predicted molar refractivity (Wildman–Crippen MR) is 100 cm³/mol. The van der Waals surface area contributed by atoms with Gasteiger partial charge in [0.05, 0.1) is 18.2 Å². The average molecular weight is 372 g/mol. The van der Waals surface area contributed by atoms with Crippen LogP contribution in [0.2, 0.25) is 0 Å². The van der Waals surface area contributed by atoms with Gasteiger partial charge in [0.2, 0.25) is 17.7 Å². The molecule has 0 radical (unpaired) electrons.